The first kappa shape index (κ1) is 11.2. The van der Waals surface area contributed by atoms with E-state index in [-0.39, 0.29) is 17.9 Å². The number of hydrogen-bond acceptors (Lipinski definition) is 4. The molecule has 0 saturated heterocycles. The molecule has 0 spiro atoms. The van der Waals surface area contributed by atoms with Crippen molar-refractivity contribution in [3.8, 4) is 17.6 Å². The monoisotopic (exact) mass is 214 g/mol. The molecule has 0 radical (unpaired) electrons. The average molecular weight is 214 g/mol. The zero-order valence-electron chi connectivity index (χ0n) is 7.87. The van der Waals surface area contributed by atoms with Gasteiger partial charge in [-0.1, -0.05) is 0 Å². The summed E-state index contributed by atoms with van der Waals surface area (Å²) in [5.74, 6) is -0.866. The number of pyridine rings is 1. The quantitative estimate of drug-likeness (QED) is 0.833. The fraction of sp³-hybridized carbons (Fsp3) is 0.333. The maximum absolute atomic E-state index is 12.5. The summed E-state index contributed by atoms with van der Waals surface area (Å²) in [5.41, 5.74) is -0.536. The van der Waals surface area contributed by atoms with E-state index in [1.807, 2.05) is 0 Å². The van der Waals surface area contributed by atoms with Crippen LogP contribution in [-0.2, 0) is 6.42 Å². The first-order chi connectivity index (χ1) is 7.11. The number of methoxy groups -OCH3 is 1. The van der Waals surface area contributed by atoms with Gasteiger partial charge in [-0.2, -0.15) is 5.26 Å². The van der Waals surface area contributed by atoms with Crippen molar-refractivity contribution in [3.63, 3.8) is 0 Å². The fourth-order valence-corrected chi connectivity index (χ4v) is 1.18. The van der Waals surface area contributed by atoms with Crippen LogP contribution in [0.3, 0.4) is 0 Å². The van der Waals surface area contributed by atoms with Crippen LogP contribution in [0.2, 0.25) is 0 Å². The van der Waals surface area contributed by atoms with Gasteiger partial charge in [0.1, 0.15) is 11.3 Å². The van der Waals surface area contributed by atoms with Crippen LogP contribution in [-0.4, -0.2) is 17.2 Å². The van der Waals surface area contributed by atoms with Crippen LogP contribution in [0.15, 0.2) is 6.20 Å². The number of aromatic nitrogens is 1. The van der Waals surface area contributed by atoms with E-state index < -0.39 is 17.7 Å². The molecule has 1 heterocycles. The molecule has 1 N–H and O–H groups in total. The molecule has 1 aromatic heterocycles. The van der Waals surface area contributed by atoms with E-state index in [0.29, 0.717) is 0 Å². The van der Waals surface area contributed by atoms with Crippen LogP contribution < -0.4 is 4.74 Å². The van der Waals surface area contributed by atoms with Gasteiger partial charge in [0.2, 0.25) is 0 Å². The second kappa shape index (κ2) is 4.55. The zero-order chi connectivity index (χ0) is 11.4. The molecule has 6 heteroatoms. The van der Waals surface area contributed by atoms with Crippen LogP contribution in [0.1, 0.15) is 17.7 Å². The Morgan fingerprint density at radius 3 is 2.80 bits per heavy atom. The number of nitriles is 1. The van der Waals surface area contributed by atoms with Gasteiger partial charge in [-0.15, -0.1) is 0 Å². The first-order valence-corrected chi connectivity index (χ1v) is 4.01. The number of halogens is 2. The van der Waals surface area contributed by atoms with Gasteiger partial charge in [-0.25, -0.2) is 8.78 Å². The van der Waals surface area contributed by atoms with Crippen LogP contribution in [0.5, 0.6) is 11.5 Å². The first-order valence-electron chi connectivity index (χ1n) is 4.01. The zero-order valence-corrected chi connectivity index (χ0v) is 7.87. The van der Waals surface area contributed by atoms with Crippen LogP contribution >= 0.6 is 0 Å². The summed E-state index contributed by atoms with van der Waals surface area (Å²) >= 11 is 0. The van der Waals surface area contributed by atoms with Crippen molar-refractivity contribution >= 4 is 0 Å². The van der Waals surface area contributed by atoms with Crippen LogP contribution in [0.4, 0.5) is 8.78 Å². The van der Waals surface area contributed by atoms with Gasteiger partial charge < -0.3 is 9.84 Å². The van der Waals surface area contributed by atoms with Crippen molar-refractivity contribution < 1.29 is 18.6 Å². The van der Waals surface area contributed by atoms with E-state index in [2.05, 4.69) is 4.98 Å². The number of rotatable bonds is 3. The van der Waals surface area contributed by atoms with Crippen molar-refractivity contribution in [2.75, 3.05) is 7.11 Å². The number of ether oxygens (including phenoxy) is 1. The maximum atomic E-state index is 12.5. The molecule has 15 heavy (non-hydrogen) atoms. The Balaban J connectivity index is 3.34. The van der Waals surface area contributed by atoms with Crippen molar-refractivity contribution in [3.05, 3.63) is 17.5 Å². The largest absolute Gasteiger partial charge is 0.506 e. The van der Waals surface area contributed by atoms with E-state index >= 15 is 0 Å². The van der Waals surface area contributed by atoms with E-state index in [4.69, 9.17) is 10.00 Å². The molecule has 0 saturated carbocycles. The number of aromatic hydroxyl groups is 1. The predicted molar refractivity (Wildman–Crippen MR) is 46.7 cm³/mol. The summed E-state index contributed by atoms with van der Waals surface area (Å²) in [6.07, 6.45) is -2.14. The molecule has 0 atom stereocenters. The Kier molecular flexibility index (Phi) is 3.39. The van der Waals surface area contributed by atoms with E-state index in [1.54, 1.807) is 6.07 Å². The molecule has 0 amide bonds. The predicted octanol–water partition coefficient (Wildman–Crippen LogP) is 1.80. The average Bonchev–Trinajstić information content (AvgIpc) is 2.19. The van der Waals surface area contributed by atoms with Gasteiger partial charge in [-0.05, 0) is 0 Å². The normalized spacial score (nSPS) is 10.1. The highest BCUT2D eigenvalue weighted by atomic mass is 19.3. The summed E-state index contributed by atoms with van der Waals surface area (Å²) in [7, 11) is 1.18. The lowest BCUT2D eigenvalue weighted by Gasteiger charge is -2.11. The fourth-order valence-electron chi connectivity index (χ4n) is 1.18. The van der Waals surface area contributed by atoms with Crippen molar-refractivity contribution in [1.82, 2.24) is 4.98 Å². The lowest BCUT2D eigenvalue weighted by Crippen LogP contribution is -2.00. The molecule has 0 bridgehead atoms. The highest BCUT2D eigenvalue weighted by Crippen LogP contribution is 2.37. The van der Waals surface area contributed by atoms with Gasteiger partial charge in [0.25, 0.3) is 6.43 Å². The SMILES string of the molecule is COc1c(CC#N)ncc(O)c1C(F)F. The van der Waals surface area contributed by atoms with E-state index in [0.717, 1.165) is 6.20 Å². The molecular weight excluding hydrogens is 206 g/mol. The number of hydrogen-bond donors (Lipinski definition) is 1. The Morgan fingerprint density at radius 2 is 2.33 bits per heavy atom. The minimum atomic E-state index is -2.87. The third-order valence-electron chi connectivity index (χ3n) is 1.79. The second-order valence-corrected chi connectivity index (χ2v) is 2.67. The molecule has 0 unspecified atom stereocenters. The van der Waals surface area contributed by atoms with Gasteiger partial charge in [0.05, 0.1) is 31.5 Å². The van der Waals surface area contributed by atoms with Gasteiger partial charge in [0, 0.05) is 0 Å². The number of nitrogens with zero attached hydrogens (tertiary/aromatic N) is 2. The Morgan fingerprint density at radius 1 is 1.67 bits per heavy atom. The van der Waals surface area contributed by atoms with Gasteiger partial charge in [-0.3, -0.25) is 4.98 Å². The molecule has 1 aromatic rings. The summed E-state index contributed by atoms with van der Waals surface area (Å²) in [4.78, 5) is 3.65. The standard InChI is InChI=1S/C9H8F2N2O2/c1-15-8-5(2-3-12)13-4-6(14)7(8)9(10)11/h4,9,14H,2H2,1H3. The molecule has 0 aliphatic rings. The van der Waals surface area contributed by atoms with Crippen molar-refractivity contribution in [2.45, 2.75) is 12.8 Å². The lowest BCUT2D eigenvalue weighted by atomic mass is 10.1. The van der Waals surface area contributed by atoms with Gasteiger partial charge >= 0.3 is 0 Å². The summed E-state index contributed by atoms with van der Waals surface area (Å²) in [6, 6.07) is 1.78. The topological polar surface area (TPSA) is 66.1 Å². The van der Waals surface area contributed by atoms with Crippen molar-refractivity contribution in [2.24, 2.45) is 0 Å². The molecule has 0 aromatic carbocycles. The lowest BCUT2D eigenvalue weighted by molar-refractivity contribution is 0.142. The molecule has 1 rings (SSSR count). The summed E-state index contributed by atoms with van der Waals surface area (Å²) in [5, 5.41) is 17.6. The molecule has 80 valence electrons. The second-order valence-electron chi connectivity index (χ2n) is 2.67. The van der Waals surface area contributed by atoms with Crippen molar-refractivity contribution in [1.29, 1.82) is 5.26 Å². The maximum Gasteiger partial charge on any atom is 0.271 e. The summed E-state index contributed by atoms with van der Waals surface area (Å²) < 4.78 is 29.8. The third kappa shape index (κ3) is 2.13. The smallest absolute Gasteiger partial charge is 0.271 e. The molecule has 4 nitrogen and oxygen atoms in total. The minimum Gasteiger partial charge on any atom is -0.506 e. The number of alkyl halides is 2. The third-order valence-corrected chi connectivity index (χ3v) is 1.79. The Hall–Kier alpha value is -1.90. The molecule has 0 aliphatic carbocycles. The van der Waals surface area contributed by atoms with Crippen LogP contribution in [0.25, 0.3) is 0 Å². The molecular formula is C9H8F2N2O2. The van der Waals surface area contributed by atoms with Gasteiger partial charge in [0.15, 0.2) is 5.75 Å². The Labute approximate surface area is 84.7 Å². The molecule has 0 aliphatic heterocycles. The van der Waals surface area contributed by atoms with Crippen LogP contribution in [0, 0.1) is 11.3 Å². The van der Waals surface area contributed by atoms with E-state index in [9.17, 15) is 13.9 Å². The summed E-state index contributed by atoms with van der Waals surface area (Å²) in [6.45, 7) is 0. The highest BCUT2D eigenvalue weighted by Gasteiger charge is 2.22. The van der Waals surface area contributed by atoms with E-state index in [1.165, 1.54) is 7.11 Å². The Bertz CT molecular complexity index is 402. The minimum absolute atomic E-state index is 0.0908. The molecule has 0 fully saturated rings. The highest BCUT2D eigenvalue weighted by molar-refractivity contribution is 5.47.